The van der Waals surface area contributed by atoms with E-state index < -0.39 is 0 Å². The zero-order valence-electron chi connectivity index (χ0n) is 10.2. The highest BCUT2D eigenvalue weighted by atomic mass is 32.2. The first-order valence-electron chi connectivity index (χ1n) is 5.93. The SMILES string of the molecule is N=C(N)c1ccccc1N1C=Cc2ccccc2S1. The summed E-state index contributed by atoms with van der Waals surface area (Å²) < 4.78 is 2.04. The lowest BCUT2D eigenvalue weighted by Crippen LogP contribution is -2.17. The summed E-state index contributed by atoms with van der Waals surface area (Å²) in [4.78, 5) is 1.20. The molecule has 1 aliphatic rings. The van der Waals surface area contributed by atoms with E-state index in [1.54, 1.807) is 11.9 Å². The molecular weight excluding hydrogens is 254 g/mol. The molecule has 94 valence electrons. The van der Waals surface area contributed by atoms with E-state index in [0.29, 0.717) is 0 Å². The summed E-state index contributed by atoms with van der Waals surface area (Å²) in [6.07, 6.45) is 4.08. The van der Waals surface area contributed by atoms with Crippen LogP contribution in [-0.4, -0.2) is 5.84 Å². The number of para-hydroxylation sites is 1. The minimum Gasteiger partial charge on any atom is -0.384 e. The summed E-state index contributed by atoms with van der Waals surface area (Å²) in [6, 6.07) is 15.9. The van der Waals surface area contributed by atoms with Gasteiger partial charge in [-0.25, -0.2) is 0 Å². The van der Waals surface area contributed by atoms with Crippen molar-refractivity contribution >= 4 is 29.5 Å². The van der Waals surface area contributed by atoms with Crippen LogP contribution in [-0.2, 0) is 0 Å². The molecule has 0 spiro atoms. The minimum atomic E-state index is 0.0865. The minimum absolute atomic E-state index is 0.0865. The van der Waals surface area contributed by atoms with Crippen molar-refractivity contribution in [3.8, 4) is 0 Å². The van der Waals surface area contributed by atoms with Gasteiger partial charge < -0.3 is 5.73 Å². The van der Waals surface area contributed by atoms with Gasteiger partial charge in [0.1, 0.15) is 5.84 Å². The Morgan fingerprint density at radius 3 is 2.63 bits per heavy atom. The number of nitrogens with two attached hydrogens (primary N) is 1. The molecule has 0 bridgehead atoms. The van der Waals surface area contributed by atoms with Crippen LogP contribution in [0.3, 0.4) is 0 Å². The average Bonchev–Trinajstić information content (AvgIpc) is 2.46. The summed E-state index contributed by atoms with van der Waals surface area (Å²) in [5.74, 6) is 0.0865. The number of rotatable bonds is 2. The lowest BCUT2D eigenvalue weighted by atomic mass is 10.1. The number of nitrogen functional groups attached to an aromatic ring is 1. The molecule has 0 amide bonds. The molecule has 0 atom stereocenters. The van der Waals surface area contributed by atoms with Crippen molar-refractivity contribution in [1.82, 2.24) is 0 Å². The predicted molar refractivity (Wildman–Crippen MR) is 81.3 cm³/mol. The molecule has 0 aliphatic carbocycles. The summed E-state index contributed by atoms with van der Waals surface area (Å²) in [6.45, 7) is 0. The highest BCUT2D eigenvalue weighted by Crippen LogP contribution is 2.37. The number of hydrogen-bond acceptors (Lipinski definition) is 3. The molecule has 2 aromatic rings. The second kappa shape index (κ2) is 4.82. The van der Waals surface area contributed by atoms with Crippen molar-refractivity contribution in [2.75, 3.05) is 4.31 Å². The Bertz CT molecular complexity index is 664. The molecule has 0 aromatic heterocycles. The monoisotopic (exact) mass is 267 g/mol. The van der Waals surface area contributed by atoms with Gasteiger partial charge in [0.15, 0.2) is 0 Å². The van der Waals surface area contributed by atoms with Gasteiger partial charge in [0.25, 0.3) is 0 Å². The van der Waals surface area contributed by atoms with Crippen LogP contribution in [0.5, 0.6) is 0 Å². The van der Waals surface area contributed by atoms with Crippen LogP contribution in [0.15, 0.2) is 59.6 Å². The van der Waals surface area contributed by atoms with Crippen molar-refractivity contribution in [2.45, 2.75) is 4.90 Å². The summed E-state index contributed by atoms with van der Waals surface area (Å²) in [5.41, 5.74) is 8.54. The standard InChI is InChI=1S/C15H13N3S/c16-15(17)12-6-2-3-7-13(12)18-10-9-11-5-1-4-8-14(11)19-18/h1-10H,(H3,16,17). The first kappa shape index (κ1) is 11.9. The first-order chi connectivity index (χ1) is 9.25. The third-order valence-electron chi connectivity index (χ3n) is 2.94. The van der Waals surface area contributed by atoms with Gasteiger partial charge in [-0.3, -0.25) is 9.71 Å². The lowest BCUT2D eigenvalue weighted by molar-refractivity contribution is 1.33. The van der Waals surface area contributed by atoms with Crippen LogP contribution in [0.25, 0.3) is 6.08 Å². The number of anilines is 1. The molecule has 3 nitrogen and oxygen atoms in total. The Morgan fingerprint density at radius 2 is 1.79 bits per heavy atom. The molecule has 1 heterocycles. The Hall–Kier alpha value is -2.20. The number of amidine groups is 1. The van der Waals surface area contributed by atoms with Crippen LogP contribution in [0.2, 0.25) is 0 Å². The smallest absolute Gasteiger partial charge is 0.124 e. The van der Waals surface area contributed by atoms with Gasteiger partial charge >= 0.3 is 0 Å². The summed E-state index contributed by atoms with van der Waals surface area (Å²) in [7, 11) is 0. The van der Waals surface area contributed by atoms with E-state index in [-0.39, 0.29) is 5.84 Å². The molecule has 3 rings (SSSR count). The number of benzene rings is 2. The molecule has 0 saturated heterocycles. The second-order valence-corrected chi connectivity index (χ2v) is 5.22. The van der Waals surface area contributed by atoms with Crippen LogP contribution < -0.4 is 10.0 Å². The predicted octanol–water partition coefficient (Wildman–Crippen LogP) is 3.47. The van der Waals surface area contributed by atoms with E-state index in [1.165, 1.54) is 10.5 Å². The van der Waals surface area contributed by atoms with Gasteiger partial charge in [-0.05, 0) is 41.8 Å². The number of hydrogen-bond donors (Lipinski definition) is 2. The third-order valence-corrected chi connectivity index (χ3v) is 4.02. The van der Waals surface area contributed by atoms with E-state index in [1.807, 2.05) is 46.9 Å². The van der Waals surface area contributed by atoms with Crippen LogP contribution in [0, 0.1) is 5.41 Å². The second-order valence-electron chi connectivity index (χ2n) is 4.20. The first-order valence-corrected chi connectivity index (χ1v) is 6.71. The van der Waals surface area contributed by atoms with E-state index in [2.05, 4.69) is 18.2 Å². The highest BCUT2D eigenvalue weighted by Gasteiger charge is 2.16. The van der Waals surface area contributed by atoms with E-state index in [0.717, 1.165) is 11.3 Å². The maximum Gasteiger partial charge on any atom is 0.124 e. The van der Waals surface area contributed by atoms with E-state index in [9.17, 15) is 0 Å². The third kappa shape index (κ3) is 2.22. The van der Waals surface area contributed by atoms with Crippen molar-refractivity contribution in [2.24, 2.45) is 5.73 Å². The van der Waals surface area contributed by atoms with Crippen LogP contribution in [0.1, 0.15) is 11.1 Å². The fourth-order valence-corrected chi connectivity index (χ4v) is 2.98. The van der Waals surface area contributed by atoms with Gasteiger partial charge in [0.05, 0.1) is 5.69 Å². The average molecular weight is 267 g/mol. The molecule has 0 radical (unpaired) electrons. The van der Waals surface area contributed by atoms with E-state index in [4.69, 9.17) is 11.1 Å². The molecule has 0 unspecified atom stereocenters. The maximum atomic E-state index is 7.66. The lowest BCUT2D eigenvalue weighted by Gasteiger charge is -2.25. The molecule has 0 fully saturated rings. The normalized spacial score (nSPS) is 13.2. The fraction of sp³-hybridized carbons (Fsp3) is 0. The van der Waals surface area contributed by atoms with Gasteiger partial charge in [-0.15, -0.1) is 0 Å². The summed E-state index contributed by atoms with van der Waals surface area (Å²) >= 11 is 1.64. The zero-order chi connectivity index (χ0) is 13.2. The number of nitrogens with zero attached hydrogens (tertiary/aromatic N) is 1. The van der Waals surface area contributed by atoms with Crippen LogP contribution >= 0.6 is 11.9 Å². The Balaban J connectivity index is 2.01. The molecular formula is C15H13N3S. The number of fused-ring (bicyclic) bond motifs is 1. The molecule has 4 heteroatoms. The Morgan fingerprint density at radius 1 is 1.05 bits per heavy atom. The Kier molecular flexibility index (Phi) is 3.01. The van der Waals surface area contributed by atoms with Gasteiger partial charge in [0.2, 0.25) is 0 Å². The quantitative estimate of drug-likeness (QED) is 0.497. The largest absolute Gasteiger partial charge is 0.384 e. The van der Waals surface area contributed by atoms with Crippen molar-refractivity contribution in [3.63, 3.8) is 0 Å². The van der Waals surface area contributed by atoms with Crippen molar-refractivity contribution < 1.29 is 0 Å². The van der Waals surface area contributed by atoms with Gasteiger partial charge in [0, 0.05) is 16.7 Å². The van der Waals surface area contributed by atoms with Gasteiger partial charge in [-0.2, -0.15) is 0 Å². The molecule has 3 N–H and O–H groups in total. The summed E-state index contributed by atoms with van der Waals surface area (Å²) in [5, 5.41) is 7.66. The zero-order valence-corrected chi connectivity index (χ0v) is 11.0. The molecule has 19 heavy (non-hydrogen) atoms. The maximum absolute atomic E-state index is 7.66. The van der Waals surface area contributed by atoms with Crippen molar-refractivity contribution in [1.29, 1.82) is 5.41 Å². The Labute approximate surface area is 116 Å². The van der Waals surface area contributed by atoms with Crippen LogP contribution in [0.4, 0.5) is 5.69 Å². The molecule has 1 aliphatic heterocycles. The fourth-order valence-electron chi connectivity index (χ4n) is 2.01. The molecule has 2 aromatic carbocycles. The molecule has 0 saturated carbocycles. The van der Waals surface area contributed by atoms with E-state index >= 15 is 0 Å². The van der Waals surface area contributed by atoms with Crippen molar-refractivity contribution in [3.05, 3.63) is 65.9 Å². The van der Waals surface area contributed by atoms with Gasteiger partial charge in [-0.1, -0.05) is 30.3 Å². The number of nitrogens with one attached hydrogen (secondary N) is 1. The highest BCUT2D eigenvalue weighted by molar-refractivity contribution is 8.01. The topological polar surface area (TPSA) is 53.1 Å².